The zero-order chi connectivity index (χ0) is 13.1. The SMILES string of the molecule is COc1ccc(Cn2cc(C)c(S(=O)O)n2)cc1.[NaH]. The molecule has 0 saturated heterocycles. The summed E-state index contributed by atoms with van der Waals surface area (Å²) in [4.78, 5) is 0. The van der Waals surface area contributed by atoms with E-state index in [1.54, 1.807) is 24.9 Å². The van der Waals surface area contributed by atoms with Gasteiger partial charge in [0.15, 0.2) is 5.03 Å². The molecule has 19 heavy (non-hydrogen) atoms. The average Bonchev–Trinajstić information content (AvgIpc) is 2.71. The number of hydrogen-bond acceptors (Lipinski definition) is 3. The predicted molar refractivity (Wildman–Crippen MR) is 75.2 cm³/mol. The van der Waals surface area contributed by atoms with Gasteiger partial charge in [-0.1, -0.05) is 12.1 Å². The molecule has 0 aliphatic carbocycles. The van der Waals surface area contributed by atoms with Crippen LogP contribution >= 0.6 is 0 Å². The van der Waals surface area contributed by atoms with E-state index in [0.717, 1.165) is 11.3 Å². The second kappa shape index (κ2) is 7.21. The van der Waals surface area contributed by atoms with Crippen molar-refractivity contribution in [3.63, 3.8) is 0 Å². The molecular formula is C12H15N2NaO3S. The Morgan fingerprint density at radius 1 is 1.37 bits per heavy atom. The fraction of sp³-hybridized carbons (Fsp3) is 0.250. The topological polar surface area (TPSA) is 64.3 Å². The maximum atomic E-state index is 11.0. The molecule has 0 fully saturated rings. The molecule has 0 aliphatic rings. The summed E-state index contributed by atoms with van der Waals surface area (Å²) < 4.78 is 26.8. The molecule has 7 heteroatoms. The molecule has 0 spiro atoms. The summed E-state index contributed by atoms with van der Waals surface area (Å²) in [7, 11) is 1.62. The Morgan fingerprint density at radius 3 is 2.47 bits per heavy atom. The van der Waals surface area contributed by atoms with Crippen molar-refractivity contribution in [2.45, 2.75) is 18.5 Å². The van der Waals surface area contributed by atoms with E-state index in [9.17, 15) is 4.21 Å². The van der Waals surface area contributed by atoms with Crippen molar-refractivity contribution in [1.82, 2.24) is 9.78 Å². The monoisotopic (exact) mass is 290 g/mol. The molecular weight excluding hydrogens is 275 g/mol. The molecule has 5 nitrogen and oxygen atoms in total. The third kappa shape index (κ3) is 4.15. The molecule has 1 atom stereocenters. The summed E-state index contributed by atoms with van der Waals surface area (Å²) in [5.74, 6) is 0.799. The molecule has 2 aromatic rings. The van der Waals surface area contributed by atoms with Crippen molar-refractivity contribution >= 4 is 40.6 Å². The van der Waals surface area contributed by atoms with Gasteiger partial charge in [-0.05, 0) is 24.6 Å². The minimum absolute atomic E-state index is 0. The van der Waals surface area contributed by atoms with Crippen LogP contribution in [0.15, 0.2) is 35.5 Å². The van der Waals surface area contributed by atoms with E-state index in [4.69, 9.17) is 9.29 Å². The van der Waals surface area contributed by atoms with Crippen molar-refractivity contribution in [3.8, 4) is 5.75 Å². The van der Waals surface area contributed by atoms with Gasteiger partial charge < -0.3 is 9.29 Å². The number of benzene rings is 1. The zero-order valence-electron chi connectivity index (χ0n) is 10.2. The molecule has 0 radical (unpaired) electrons. The summed E-state index contributed by atoms with van der Waals surface area (Å²) in [6.07, 6.45) is 1.76. The van der Waals surface area contributed by atoms with Crippen LogP contribution in [0, 0.1) is 6.92 Å². The number of methoxy groups -OCH3 is 1. The third-order valence-corrected chi connectivity index (χ3v) is 3.30. The third-order valence-electron chi connectivity index (χ3n) is 2.57. The van der Waals surface area contributed by atoms with Crippen LogP contribution in [0.5, 0.6) is 5.75 Å². The summed E-state index contributed by atoms with van der Waals surface area (Å²) in [6.45, 7) is 2.32. The molecule has 2 rings (SSSR count). The summed E-state index contributed by atoms with van der Waals surface area (Å²) in [5.41, 5.74) is 1.76. The molecule has 1 heterocycles. The van der Waals surface area contributed by atoms with Crippen LogP contribution in [-0.2, 0) is 17.6 Å². The Bertz CT molecular complexity index is 569. The van der Waals surface area contributed by atoms with Gasteiger partial charge in [-0.3, -0.25) is 4.68 Å². The van der Waals surface area contributed by atoms with E-state index in [1.807, 2.05) is 24.3 Å². The van der Waals surface area contributed by atoms with Gasteiger partial charge in [0.25, 0.3) is 0 Å². The van der Waals surface area contributed by atoms with Crippen molar-refractivity contribution in [3.05, 3.63) is 41.6 Å². The number of rotatable bonds is 4. The molecule has 0 saturated carbocycles. The van der Waals surface area contributed by atoms with Crippen LogP contribution in [0.4, 0.5) is 0 Å². The molecule has 0 aliphatic heterocycles. The van der Waals surface area contributed by atoms with Crippen LogP contribution in [0.3, 0.4) is 0 Å². The van der Waals surface area contributed by atoms with Gasteiger partial charge in [-0.25, -0.2) is 4.21 Å². The van der Waals surface area contributed by atoms with Crippen LogP contribution in [0.2, 0.25) is 0 Å². The van der Waals surface area contributed by atoms with Gasteiger partial charge in [0.1, 0.15) is 5.75 Å². The fourth-order valence-electron chi connectivity index (χ4n) is 1.67. The first-order valence-corrected chi connectivity index (χ1v) is 6.48. The molecule has 1 aromatic carbocycles. The van der Waals surface area contributed by atoms with E-state index in [1.165, 1.54) is 0 Å². The summed E-state index contributed by atoms with van der Waals surface area (Å²) >= 11 is -2.03. The minimum atomic E-state index is -2.03. The van der Waals surface area contributed by atoms with Gasteiger partial charge in [-0.2, -0.15) is 5.10 Å². The van der Waals surface area contributed by atoms with Crippen LogP contribution in [-0.4, -0.2) is 55.2 Å². The van der Waals surface area contributed by atoms with E-state index < -0.39 is 11.1 Å². The Labute approximate surface area is 136 Å². The van der Waals surface area contributed by atoms with E-state index in [0.29, 0.717) is 12.1 Å². The van der Waals surface area contributed by atoms with Crippen LogP contribution < -0.4 is 4.74 Å². The van der Waals surface area contributed by atoms with E-state index >= 15 is 0 Å². The van der Waals surface area contributed by atoms with E-state index in [2.05, 4.69) is 5.10 Å². The Hall–Kier alpha value is -0.660. The quantitative estimate of drug-likeness (QED) is 0.678. The first kappa shape index (κ1) is 16.4. The number of aromatic nitrogens is 2. The number of aryl methyl sites for hydroxylation is 1. The Balaban J connectivity index is 0.00000180. The van der Waals surface area contributed by atoms with Gasteiger partial charge in [0, 0.05) is 11.8 Å². The molecule has 98 valence electrons. The normalized spacial score (nSPS) is 11.7. The second-order valence-electron chi connectivity index (χ2n) is 3.91. The summed E-state index contributed by atoms with van der Waals surface area (Å²) in [6, 6.07) is 7.62. The van der Waals surface area contributed by atoms with Gasteiger partial charge >= 0.3 is 29.6 Å². The molecule has 1 unspecified atom stereocenters. The first-order valence-electron chi connectivity index (χ1n) is 5.38. The number of hydrogen-bond donors (Lipinski definition) is 1. The maximum absolute atomic E-state index is 11.0. The van der Waals surface area contributed by atoms with Gasteiger partial charge in [-0.15, -0.1) is 0 Å². The van der Waals surface area contributed by atoms with Gasteiger partial charge in [0.05, 0.1) is 13.7 Å². The summed E-state index contributed by atoms with van der Waals surface area (Å²) in [5, 5.41) is 4.29. The molecule has 0 amide bonds. The van der Waals surface area contributed by atoms with Crippen molar-refractivity contribution in [2.75, 3.05) is 7.11 Å². The average molecular weight is 290 g/mol. The van der Waals surface area contributed by atoms with Crippen LogP contribution in [0.1, 0.15) is 11.1 Å². The molecule has 0 bridgehead atoms. The Morgan fingerprint density at radius 2 is 2.00 bits per heavy atom. The Kier molecular flexibility index (Phi) is 6.22. The molecule has 1 N–H and O–H groups in total. The predicted octanol–water partition coefficient (Wildman–Crippen LogP) is 1.18. The van der Waals surface area contributed by atoms with Crippen molar-refractivity contribution in [2.24, 2.45) is 0 Å². The first-order chi connectivity index (χ1) is 8.60. The van der Waals surface area contributed by atoms with Crippen molar-refractivity contribution in [1.29, 1.82) is 0 Å². The standard InChI is InChI=1S/C12H14N2O3S.Na.H/c1-9-7-14(13-12(9)18(15)16)8-10-3-5-11(17-2)6-4-10;;/h3-7H,8H2,1-2H3,(H,15,16);;. The zero-order valence-corrected chi connectivity index (χ0v) is 11.0. The fourth-order valence-corrected chi connectivity index (χ4v) is 2.18. The van der Waals surface area contributed by atoms with Crippen molar-refractivity contribution < 1.29 is 13.5 Å². The number of ether oxygens (including phenoxy) is 1. The molecule has 1 aromatic heterocycles. The number of nitrogens with zero attached hydrogens (tertiary/aromatic N) is 2. The van der Waals surface area contributed by atoms with Gasteiger partial charge in [0.2, 0.25) is 11.1 Å². The van der Waals surface area contributed by atoms with E-state index in [-0.39, 0.29) is 34.6 Å². The second-order valence-corrected chi connectivity index (χ2v) is 4.80. The van der Waals surface area contributed by atoms with Crippen LogP contribution in [0.25, 0.3) is 0 Å².